The SMILES string of the molecule is CCCCN(C(=O)Cn1cnnn1)C1CC(C)(C)NC(C)(C)C1. The zero-order valence-electron chi connectivity index (χ0n) is 15.0. The van der Waals surface area contributed by atoms with Gasteiger partial charge in [-0.1, -0.05) is 13.3 Å². The van der Waals surface area contributed by atoms with Crippen molar-refractivity contribution in [1.82, 2.24) is 30.4 Å². The van der Waals surface area contributed by atoms with Crippen molar-refractivity contribution in [2.24, 2.45) is 0 Å². The number of nitrogens with one attached hydrogen (secondary N) is 1. The van der Waals surface area contributed by atoms with Crippen molar-refractivity contribution in [2.45, 2.75) is 84.0 Å². The molecule has 0 aliphatic carbocycles. The van der Waals surface area contributed by atoms with E-state index in [1.54, 1.807) is 0 Å². The third kappa shape index (κ3) is 4.99. The van der Waals surface area contributed by atoms with Crippen LogP contribution < -0.4 is 5.32 Å². The van der Waals surface area contributed by atoms with E-state index < -0.39 is 0 Å². The van der Waals surface area contributed by atoms with E-state index in [1.807, 2.05) is 0 Å². The number of piperidine rings is 1. The molecule has 23 heavy (non-hydrogen) atoms. The third-order valence-electron chi connectivity index (χ3n) is 4.37. The van der Waals surface area contributed by atoms with Crippen LogP contribution in [0.2, 0.25) is 0 Å². The fraction of sp³-hybridized carbons (Fsp3) is 0.875. The van der Waals surface area contributed by atoms with Crippen molar-refractivity contribution >= 4 is 5.91 Å². The summed E-state index contributed by atoms with van der Waals surface area (Å²) < 4.78 is 1.50. The van der Waals surface area contributed by atoms with E-state index in [0.717, 1.165) is 32.2 Å². The first kappa shape index (κ1) is 17.8. The van der Waals surface area contributed by atoms with Gasteiger partial charge in [-0.15, -0.1) is 5.10 Å². The van der Waals surface area contributed by atoms with Crippen LogP contribution in [0.5, 0.6) is 0 Å². The summed E-state index contributed by atoms with van der Waals surface area (Å²) in [6, 6.07) is 0.247. The van der Waals surface area contributed by atoms with Gasteiger partial charge in [0.2, 0.25) is 5.91 Å². The number of rotatable bonds is 6. The molecule has 0 bridgehead atoms. The van der Waals surface area contributed by atoms with Gasteiger partial charge >= 0.3 is 0 Å². The molecule has 1 aliphatic rings. The maximum absolute atomic E-state index is 12.8. The van der Waals surface area contributed by atoms with Crippen molar-refractivity contribution in [3.8, 4) is 0 Å². The summed E-state index contributed by atoms with van der Waals surface area (Å²) in [6.45, 7) is 12.0. The van der Waals surface area contributed by atoms with Gasteiger partial charge in [-0.25, -0.2) is 4.68 Å². The van der Waals surface area contributed by atoms with Gasteiger partial charge in [0.05, 0.1) is 0 Å². The molecule has 0 radical (unpaired) electrons. The summed E-state index contributed by atoms with van der Waals surface area (Å²) in [7, 11) is 0. The Morgan fingerprint density at radius 3 is 2.48 bits per heavy atom. The molecule has 7 heteroatoms. The van der Waals surface area contributed by atoms with Crippen LogP contribution in [0.3, 0.4) is 0 Å². The van der Waals surface area contributed by atoms with Crippen LogP contribution in [0.4, 0.5) is 0 Å². The molecule has 1 fully saturated rings. The molecule has 1 N–H and O–H groups in total. The quantitative estimate of drug-likeness (QED) is 0.861. The highest BCUT2D eigenvalue weighted by Gasteiger charge is 2.41. The minimum Gasteiger partial charge on any atom is -0.338 e. The third-order valence-corrected chi connectivity index (χ3v) is 4.37. The Hall–Kier alpha value is -1.50. The first-order valence-electron chi connectivity index (χ1n) is 8.52. The van der Waals surface area contributed by atoms with E-state index in [2.05, 4.69) is 60.4 Å². The monoisotopic (exact) mass is 322 g/mol. The van der Waals surface area contributed by atoms with Crippen LogP contribution >= 0.6 is 0 Å². The van der Waals surface area contributed by atoms with Gasteiger partial charge in [0, 0.05) is 23.7 Å². The largest absolute Gasteiger partial charge is 0.338 e. The van der Waals surface area contributed by atoms with Gasteiger partial charge < -0.3 is 10.2 Å². The maximum atomic E-state index is 12.8. The number of aromatic nitrogens is 4. The highest BCUT2D eigenvalue weighted by Crippen LogP contribution is 2.31. The molecule has 0 saturated carbocycles. The molecule has 0 aromatic carbocycles. The zero-order valence-corrected chi connectivity index (χ0v) is 15.0. The number of hydrogen-bond donors (Lipinski definition) is 1. The number of carbonyl (C=O) groups is 1. The maximum Gasteiger partial charge on any atom is 0.244 e. The normalized spacial score (nSPS) is 20.4. The molecular formula is C16H30N6O. The number of unbranched alkanes of at least 4 members (excludes halogenated alkanes) is 1. The molecule has 130 valence electrons. The first-order valence-corrected chi connectivity index (χ1v) is 8.52. The summed E-state index contributed by atoms with van der Waals surface area (Å²) in [5.41, 5.74) is 0.0396. The molecule has 1 aromatic rings. The van der Waals surface area contributed by atoms with Crippen molar-refractivity contribution < 1.29 is 4.79 Å². The summed E-state index contributed by atoms with van der Waals surface area (Å²) in [5, 5.41) is 14.7. The number of carbonyl (C=O) groups excluding carboxylic acids is 1. The Kier molecular flexibility index (Phi) is 5.39. The number of tetrazole rings is 1. The number of amides is 1. The van der Waals surface area contributed by atoms with Crippen LogP contribution in [0, 0.1) is 0 Å². The summed E-state index contributed by atoms with van der Waals surface area (Å²) in [5.74, 6) is 0.101. The van der Waals surface area contributed by atoms with Crippen LogP contribution in [-0.2, 0) is 11.3 Å². The van der Waals surface area contributed by atoms with Crippen molar-refractivity contribution in [1.29, 1.82) is 0 Å². The second kappa shape index (κ2) is 6.95. The topological polar surface area (TPSA) is 75.9 Å². The fourth-order valence-corrected chi connectivity index (χ4v) is 3.81. The van der Waals surface area contributed by atoms with Gasteiger partial charge in [-0.2, -0.15) is 0 Å². The van der Waals surface area contributed by atoms with E-state index in [0.29, 0.717) is 0 Å². The van der Waals surface area contributed by atoms with Crippen molar-refractivity contribution in [3.63, 3.8) is 0 Å². The Morgan fingerprint density at radius 2 is 1.96 bits per heavy atom. The lowest BCUT2D eigenvalue weighted by Gasteiger charge is -2.49. The van der Waals surface area contributed by atoms with Gasteiger partial charge in [-0.3, -0.25) is 4.79 Å². The van der Waals surface area contributed by atoms with Crippen molar-refractivity contribution in [2.75, 3.05) is 6.54 Å². The predicted octanol–water partition coefficient (Wildman–Crippen LogP) is 1.61. The molecule has 2 heterocycles. The second-order valence-electron chi connectivity index (χ2n) is 7.90. The first-order chi connectivity index (χ1) is 10.7. The lowest BCUT2D eigenvalue weighted by atomic mass is 9.79. The predicted molar refractivity (Wildman–Crippen MR) is 88.8 cm³/mol. The fourth-order valence-electron chi connectivity index (χ4n) is 3.81. The standard InChI is InChI=1S/C16H30N6O/c1-6-7-8-22(14(23)11-21-12-17-19-20-21)13-9-15(2,3)18-16(4,5)10-13/h12-13,18H,6-11H2,1-5H3. The lowest BCUT2D eigenvalue weighted by Crippen LogP contribution is -2.63. The average molecular weight is 322 g/mol. The van der Waals surface area contributed by atoms with Gasteiger partial charge in [-0.05, 0) is 57.4 Å². The van der Waals surface area contributed by atoms with Gasteiger partial charge in [0.1, 0.15) is 12.9 Å². The highest BCUT2D eigenvalue weighted by molar-refractivity contribution is 5.76. The van der Waals surface area contributed by atoms with E-state index in [4.69, 9.17) is 0 Å². The summed E-state index contributed by atoms with van der Waals surface area (Å²) in [6.07, 6.45) is 5.51. The Bertz CT molecular complexity index is 495. The van der Waals surface area contributed by atoms with Crippen LogP contribution in [-0.4, -0.2) is 54.7 Å². The smallest absolute Gasteiger partial charge is 0.244 e. The van der Waals surface area contributed by atoms with Crippen LogP contribution in [0.25, 0.3) is 0 Å². The van der Waals surface area contributed by atoms with E-state index >= 15 is 0 Å². The van der Waals surface area contributed by atoms with Crippen LogP contribution in [0.1, 0.15) is 60.3 Å². The Morgan fingerprint density at radius 1 is 1.30 bits per heavy atom. The molecule has 7 nitrogen and oxygen atoms in total. The summed E-state index contributed by atoms with van der Waals surface area (Å²) in [4.78, 5) is 14.9. The van der Waals surface area contributed by atoms with Crippen LogP contribution in [0.15, 0.2) is 6.33 Å². The van der Waals surface area contributed by atoms with E-state index in [1.165, 1.54) is 11.0 Å². The lowest BCUT2D eigenvalue weighted by molar-refractivity contribution is -0.136. The minimum absolute atomic E-state index is 0.0198. The molecule has 0 unspecified atom stereocenters. The Balaban J connectivity index is 2.14. The second-order valence-corrected chi connectivity index (χ2v) is 7.90. The van der Waals surface area contributed by atoms with E-state index in [9.17, 15) is 4.79 Å². The van der Waals surface area contributed by atoms with Crippen molar-refractivity contribution in [3.05, 3.63) is 6.33 Å². The average Bonchev–Trinajstić information content (AvgIpc) is 2.88. The number of nitrogens with zero attached hydrogens (tertiary/aromatic N) is 5. The van der Waals surface area contributed by atoms with E-state index in [-0.39, 0.29) is 29.6 Å². The molecular weight excluding hydrogens is 292 g/mol. The molecule has 1 aromatic heterocycles. The van der Waals surface area contributed by atoms with Gasteiger partial charge in [0.15, 0.2) is 0 Å². The Labute approximate surface area is 138 Å². The molecule has 1 amide bonds. The molecule has 1 saturated heterocycles. The molecule has 0 spiro atoms. The molecule has 1 aliphatic heterocycles. The number of hydrogen-bond acceptors (Lipinski definition) is 5. The summed E-state index contributed by atoms with van der Waals surface area (Å²) >= 11 is 0. The molecule has 2 rings (SSSR count). The molecule has 0 atom stereocenters. The minimum atomic E-state index is 0.0198. The zero-order chi connectivity index (χ0) is 17.1. The van der Waals surface area contributed by atoms with Gasteiger partial charge in [0.25, 0.3) is 0 Å². The highest BCUT2D eigenvalue weighted by atomic mass is 16.2.